The number of rotatable bonds is 9. The number of hydrogen-bond donors (Lipinski definition) is 0. The molecule has 0 amide bonds. The first-order valence-corrected chi connectivity index (χ1v) is 39.4. The first-order valence-electron chi connectivity index (χ1n) is 23.1. The van der Waals surface area contributed by atoms with Crippen molar-refractivity contribution in [3.63, 3.8) is 0 Å². The van der Waals surface area contributed by atoms with Gasteiger partial charge in [0.1, 0.15) is 0 Å². The maximum absolute atomic E-state index is 9.30. The summed E-state index contributed by atoms with van der Waals surface area (Å²) in [6.07, 6.45) is 11.4. The zero-order valence-electron chi connectivity index (χ0n) is 36.2. The number of furan rings is 2. The number of fused-ring (bicyclic) bond motifs is 4. The van der Waals surface area contributed by atoms with Gasteiger partial charge in [-0.3, -0.25) is 0 Å². The van der Waals surface area contributed by atoms with E-state index in [-0.39, 0.29) is 7.25 Å². The van der Waals surface area contributed by atoms with E-state index in [2.05, 4.69) is 183 Å². The summed E-state index contributed by atoms with van der Waals surface area (Å²) in [4.78, 5) is 0. The van der Waals surface area contributed by atoms with Crippen LogP contribution in [0.15, 0.2) is 167 Å². The average Bonchev–Trinajstić information content (AvgIpc) is 4.19. The van der Waals surface area contributed by atoms with E-state index >= 15 is 0 Å². The van der Waals surface area contributed by atoms with Gasteiger partial charge in [-0.2, -0.15) is 0 Å². The summed E-state index contributed by atoms with van der Waals surface area (Å²) in [6, 6.07) is 56.6. The van der Waals surface area contributed by atoms with Gasteiger partial charge in [-0.25, -0.2) is 0 Å². The van der Waals surface area contributed by atoms with Crippen molar-refractivity contribution in [3.05, 3.63) is 214 Å². The minimum atomic E-state index is -5.53. The van der Waals surface area contributed by atoms with E-state index in [1.807, 2.05) is 0 Å². The van der Waals surface area contributed by atoms with E-state index in [9.17, 15) is 17.0 Å². The Bertz CT molecular complexity index is 2970. The molecule has 0 saturated heterocycles. The molecule has 0 saturated carbocycles. The van der Waals surface area contributed by atoms with Gasteiger partial charge in [0.2, 0.25) is 0 Å². The van der Waals surface area contributed by atoms with Gasteiger partial charge in [0.05, 0.1) is 0 Å². The SMILES string of the molecule is C[SiH](C)[Zr]([Cl])([Cl])([CH]1C(c2ccc(-c3ccccc3)o2)=Cc2c1cc1c(c2-c2ccccc2)CCC1)[CH]1C(c2ccc(-c3ccccc3)o2)=Cc2c1cc1c(c2-c2ccccc2)CCC1. The van der Waals surface area contributed by atoms with Crippen LogP contribution in [0, 0.1) is 0 Å². The molecular formula is C58H49Cl2O2SiZr. The standard InChI is InChI=1S/2C28H21O.C2H7Si.2ClH.Zr/c2*1-3-8-19(9-4-1)26-14-15-27(29-26)23-17-22-16-21-12-7-13-24(21)28(25(22)18-23)20-10-5-2-6-11-20;1-3-2;;;/h2*1-6,8-11,14-18H,7,12-13H2;3H,1-2H3;2*1H;/q;;;;;+2/p-2. The van der Waals surface area contributed by atoms with Gasteiger partial charge >= 0.3 is 388 Å². The summed E-state index contributed by atoms with van der Waals surface area (Å²) in [5.74, 6) is 1.37. The summed E-state index contributed by atoms with van der Waals surface area (Å²) >= 11 is -5.53. The van der Waals surface area contributed by atoms with Crippen molar-refractivity contribution in [1.82, 2.24) is 0 Å². The summed E-state index contributed by atoms with van der Waals surface area (Å²) in [5.41, 5.74) is 20.4. The van der Waals surface area contributed by atoms with E-state index in [0.29, 0.717) is 0 Å². The van der Waals surface area contributed by atoms with E-state index < -0.39 is 21.5 Å². The monoisotopic (exact) mass is 965 g/mol. The molecule has 12 rings (SSSR count). The summed E-state index contributed by atoms with van der Waals surface area (Å²) in [5, 5.41) is 0. The molecule has 64 heavy (non-hydrogen) atoms. The molecule has 315 valence electrons. The molecule has 6 heteroatoms. The Kier molecular flexibility index (Phi) is 9.88. The van der Waals surface area contributed by atoms with Crippen LogP contribution < -0.4 is 0 Å². The Hall–Kier alpha value is -4.96. The Morgan fingerprint density at radius 1 is 0.453 bits per heavy atom. The molecule has 0 bridgehead atoms. The minimum absolute atomic E-state index is 0.231. The Morgan fingerprint density at radius 3 is 1.19 bits per heavy atom. The number of halogens is 2. The quantitative estimate of drug-likeness (QED) is 0.135. The van der Waals surface area contributed by atoms with Gasteiger partial charge in [0.15, 0.2) is 0 Å². The van der Waals surface area contributed by atoms with Crippen LogP contribution in [0.4, 0.5) is 0 Å². The van der Waals surface area contributed by atoms with Gasteiger partial charge < -0.3 is 0 Å². The number of hydrogen-bond acceptors (Lipinski definition) is 2. The number of aryl methyl sites for hydroxylation is 2. The fraction of sp³-hybridized carbons (Fsp3) is 0.172. The van der Waals surface area contributed by atoms with E-state index in [1.165, 1.54) is 66.8 Å². The van der Waals surface area contributed by atoms with Crippen molar-refractivity contribution in [3.8, 4) is 44.9 Å². The van der Waals surface area contributed by atoms with Gasteiger partial charge in [-0.1, -0.05) is 0 Å². The summed E-state index contributed by atoms with van der Waals surface area (Å²) in [7, 11) is 18.6. The number of benzene rings is 6. The second kappa shape index (κ2) is 15.6. The van der Waals surface area contributed by atoms with Gasteiger partial charge in [0, 0.05) is 0 Å². The third-order valence-electron chi connectivity index (χ3n) is 15.0. The third-order valence-corrected chi connectivity index (χ3v) is 66.6. The molecule has 2 heterocycles. The predicted molar refractivity (Wildman–Crippen MR) is 268 cm³/mol. The molecule has 0 aliphatic heterocycles. The summed E-state index contributed by atoms with van der Waals surface area (Å²) < 4.78 is 13.6. The zero-order chi connectivity index (χ0) is 43.2. The molecule has 4 aliphatic carbocycles. The van der Waals surface area contributed by atoms with Crippen LogP contribution in [-0.2, 0) is 41.2 Å². The van der Waals surface area contributed by atoms with Gasteiger partial charge in [-0.05, 0) is 0 Å². The first-order chi connectivity index (χ1) is 31.3. The second-order valence-corrected chi connectivity index (χ2v) is 61.2. The molecule has 6 aromatic carbocycles. The predicted octanol–water partition coefficient (Wildman–Crippen LogP) is 16.4. The maximum atomic E-state index is 9.30. The molecule has 4 aliphatic rings. The number of allylic oxidation sites excluding steroid dienone is 2. The Balaban J connectivity index is 1.15. The molecule has 0 N–H and O–H groups in total. The van der Waals surface area contributed by atoms with Crippen LogP contribution in [-0.4, -0.2) is 5.92 Å². The molecule has 0 radical (unpaired) electrons. The molecule has 2 nitrogen and oxygen atoms in total. The zero-order valence-corrected chi connectivity index (χ0v) is 41.3. The molecule has 0 fully saturated rings. The third kappa shape index (κ3) is 6.27. The van der Waals surface area contributed by atoms with Crippen LogP contribution in [0.2, 0.25) is 13.1 Å². The summed E-state index contributed by atoms with van der Waals surface area (Å²) in [6.45, 7) is 4.89. The van der Waals surface area contributed by atoms with Gasteiger partial charge in [0.25, 0.3) is 0 Å². The van der Waals surface area contributed by atoms with Crippen molar-refractivity contribution < 1.29 is 24.4 Å². The normalized spacial score (nSPS) is 18.0. The fourth-order valence-electron chi connectivity index (χ4n) is 12.0. The Labute approximate surface area is 385 Å². The average molecular weight is 968 g/mol. The molecule has 0 spiro atoms. The van der Waals surface area contributed by atoms with Crippen LogP contribution in [0.25, 0.3) is 68.2 Å². The molecule has 2 aromatic heterocycles. The van der Waals surface area contributed by atoms with Crippen LogP contribution >= 0.6 is 17.0 Å². The Morgan fingerprint density at radius 2 is 0.812 bits per heavy atom. The van der Waals surface area contributed by atoms with Crippen molar-refractivity contribution in [2.75, 3.05) is 0 Å². The van der Waals surface area contributed by atoms with Crippen molar-refractivity contribution in [1.29, 1.82) is 0 Å². The van der Waals surface area contributed by atoms with Gasteiger partial charge in [-0.15, -0.1) is 0 Å². The molecular weight excluding hydrogens is 919 g/mol. The first kappa shape index (κ1) is 40.5. The van der Waals surface area contributed by atoms with E-state index in [0.717, 1.165) is 83.8 Å². The van der Waals surface area contributed by atoms with Crippen LogP contribution in [0.3, 0.4) is 0 Å². The molecule has 2 atom stereocenters. The fourth-order valence-corrected chi connectivity index (χ4v) is 41.9. The molecule has 8 aromatic rings. The van der Waals surface area contributed by atoms with E-state index in [1.54, 1.807) is 0 Å². The second-order valence-electron chi connectivity index (χ2n) is 18.7. The van der Waals surface area contributed by atoms with Crippen LogP contribution in [0.1, 0.15) is 76.1 Å². The van der Waals surface area contributed by atoms with Crippen LogP contribution in [0.5, 0.6) is 0 Å². The van der Waals surface area contributed by atoms with Crippen molar-refractivity contribution in [2.45, 2.75) is 58.9 Å². The molecule has 2 unspecified atom stereocenters. The van der Waals surface area contributed by atoms with Crippen molar-refractivity contribution >= 4 is 46.2 Å². The van der Waals surface area contributed by atoms with E-state index in [4.69, 9.17) is 8.83 Å². The topological polar surface area (TPSA) is 26.3 Å². The van der Waals surface area contributed by atoms with Crippen molar-refractivity contribution in [2.24, 2.45) is 0 Å².